The van der Waals surface area contributed by atoms with Crippen molar-refractivity contribution < 1.29 is 0 Å². The molecule has 0 N–H and O–H groups in total. The molecule has 1 heterocycles. The Morgan fingerprint density at radius 1 is 1.30 bits per heavy atom. The minimum atomic E-state index is 0.358. The predicted octanol–water partition coefficient (Wildman–Crippen LogP) is 3.77. The van der Waals surface area contributed by atoms with Crippen molar-refractivity contribution >= 4 is 22.6 Å². The number of nitrogens with zero attached hydrogens (tertiary/aromatic N) is 4. The second-order valence-corrected chi connectivity index (χ2v) is 5.62. The van der Waals surface area contributed by atoms with Crippen LogP contribution in [0, 0.1) is 0 Å². The first-order chi connectivity index (χ1) is 9.65. The average molecular weight is 295 g/mol. The molecule has 0 bridgehead atoms. The van der Waals surface area contributed by atoms with Crippen LogP contribution in [-0.2, 0) is 0 Å². The molecule has 0 amide bonds. The van der Waals surface area contributed by atoms with E-state index in [0.29, 0.717) is 11.1 Å². The lowest BCUT2D eigenvalue weighted by atomic mass is 10.1. The van der Waals surface area contributed by atoms with Gasteiger partial charge in [0.25, 0.3) is 0 Å². The zero-order valence-electron chi connectivity index (χ0n) is 12.5. The SMILES string of the molecule is CCN(CC)CCCC(C)n1nnc2cc(Cl)ccc21. The number of rotatable bonds is 7. The monoisotopic (exact) mass is 294 g/mol. The molecule has 4 nitrogen and oxygen atoms in total. The lowest BCUT2D eigenvalue weighted by Gasteiger charge is -2.19. The van der Waals surface area contributed by atoms with Crippen LogP contribution in [0.2, 0.25) is 5.02 Å². The zero-order valence-corrected chi connectivity index (χ0v) is 13.3. The Morgan fingerprint density at radius 3 is 2.75 bits per heavy atom. The molecular weight excluding hydrogens is 272 g/mol. The van der Waals surface area contributed by atoms with E-state index in [9.17, 15) is 0 Å². The van der Waals surface area contributed by atoms with E-state index in [1.807, 2.05) is 22.9 Å². The van der Waals surface area contributed by atoms with Crippen LogP contribution in [0.3, 0.4) is 0 Å². The standard InChI is InChI=1S/C15H23ClN4/c1-4-19(5-2)10-6-7-12(3)20-15-9-8-13(16)11-14(15)17-18-20/h8-9,11-12H,4-7,10H2,1-3H3. The van der Waals surface area contributed by atoms with Gasteiger partial charge in [0, 0.05) is 5.02 Å². The van der Waals surface area contributed by atoms with E-state index in [2.05, 4.69) is 36.0 Å². The van der Waals surface area contributed by atoms with Gasteiger partial charge in [0.15, 0.2) is 0 Å². The van der Waals surface area contributed by atoms with Crippen molar-refractivity contribution in [2.24, 2.45) is 0 Å². The van der Waals surface area contributed by atoms with Crippen molar-refractivity contribution in [1.29, 1.82) is 0 Å². The highest BCUT2D eigenvalue weighted by atomic mass is 35.5. The van der Waals surface area contributed by atoms with E-state index in [1.54, 1.807) is 0 Å². The molecule has 1 unspecified atom stereocenters. The van der Waals surface area contributed by atoms with Gasteiger partial charge in [-0.25, -0.2) is 4.68 Å². The molecule has 110 valence electrons. The van der Waals surface area contributed by atoms with Crippen LogP contribution in [0.15, 0.2) is 18.2 Å². The molecule has 2 aromatic rings. The number of hydrogen-bond donors (Lipinski definition) is 0. The summed E-state index contributed by atoms with van der Waals surface area (Å²) in [6.07, 6.45) is 2.29. The smallest absolute Gasteiger partial charge is 0.114 e. The molecule has 0 aliphatic rings. The van der Waals surface area contributed by atoms with Crippen LogP contribution in [0.1, 0.15) is 39.7 Å². The lowest BCUT2D eigenvalue weighted by Crippen LogP contribution is -2.24. The summed E-state index contributed by atoms with van der Waals surface area (Å²) >= 11 is 5.98. The third-order valence-electron chi connectivity index (χ3n) is 3.84. The highest BCUT2D eigenvalue weighted by molar-refractivity contribution is 6.31. The Hall–Kier alpha value is -1.13. The summed E-state index contributed by atoms with van der Waals surface area (Å²) in [5.41, 5.74) is 1.93. The minimum Gasteiger partial charge on any atom is -0.304 e. The molecule has 1 atom stereocenters. The zero-order chi connectivity index (χ0) is 14.5. The van der Waals surface area contributed by atoms with Crippen LogP contribution in [-0.4, -0.2) is 39.5 Å². The van der Waals surface area contributed by atoms with Crippen molar-refractivity contribution in [1.82, 2.24) is 19.9 Å². The highest BCUT2D eigenvalue weighted by Gasteiger charge is 2.11. The molecule has 2 rings (SSSR count). The van der Waals surface area contributed by atoms with Gasteiger partial charge in [-0.2, -0.15) is 0 Å². The first-order valence-corrected chi connectivity index (χ1v) is 7.76. The van der Waals surface area contributed by atoms with Gasteiger partial charge in [0.05, 0.1) is 11.6 Å². The van der Waals surface area contributed by atoms with Gasteiger partial charge >= 0.3 is 0 Å². The quantitative estimate of drug-likeness (QED) is 0.779. The van der Waals surface area contributed by atoms with Gasteiger partial charge < -0.3 is 4.90 Å². The van der Waals surface area contributed by atoms with Crippen molar-refractivity contribution in [3.63, 3.8) is 0 Å². The lowest BCUT2D eigenvalue weighted by molar-refractivity contribution is 0.286. The Bertz CT molecular complexity index is 548. The molecule has 0 saturated heterocycles. The summed E-state index contributed by atoms with van der Waals surface area (Å²) in [6, 6.07) is 6.12. The molecule has 0 aliphatic heterocycles. The van der Waals surface area contributed by atoms with Gasteiger partial charge in [0.2, 0.25) is 0 Å². The fraction of sp³-hybridized carbons (Fsp3) is 0.600. The van der Waals surface area contributed by atoms with Gasteiger partial charge in [-0.15, -0.1) is 5.10 Å². The number of fused-ring (bicyclic) bond motifs is 1. The second-order valence-electron chi connectivity index (χ2n) is 5.19. The summed E-state index contributed by atoms with van der Waals surface area (Å²) < 4.78 is 2.01. The van der Waals surface area contributed by atoms with Gasteiger partial charge in [-0.3, -0.25) is 0 Å². The summed E-state index contributed by atoms with van der Waals surface area (Å²) in [7, 11) is 0. The number of aromatic nitrogens is 3. The number of benzene rings is 1. The van der Waals surface area contributed by atoms with E-state index in [4.69, 9.17) is 11.6 Å². The Morgan fingerprint density at radius 2 is 2.05 bits per heavy atom. The van der Waals surface area contributed by atoms with Crippen LogP contribution >= 0.6 is 11.6 Å². The fourth-order valence-electron chi connectivity index (χ4n) is 2.51. The predicted molar refractivity (Wildman–Crippen MR) is 84.3 cm³/mol. The molecule has 0 saturated carbocycles. The normalized spacial score (nSPS) is 13.2. The van der Waals surface area contributed by atoms with E-state index < -0.39 is 0 Å². The first kappa shape index (κ1) is 15.3. The average Bonchev–Trinajstić information content (AvgIpc) is 2.86. The Labute approximate surface area is 125 Å². The maximum atomic E-state index is 5.98. The van der Waals surface area contributed by atoms with Crippen molar-refractivity contribution in [2.45, 2.75) is 39.7 Å². The van der Waals surface area contributed by atoms with Gasteiger partial charge in [0.1, 0.15) is 5.52 Å². The van der Waals surface area contributed by atoms with E-state index in [1.165, 1.54) is 6.42 Å². The third kappa shape index (κ3) is 3.49. The molecule has 0 aliphatic carbocycles. The van der Waals surface area contributed by atoms with Gasteiger partial charge in [-0.05, 0) is 57.6 Å². The van der Waals surface area contributed by atoms with Crippen molar-refractivity contribution in [2.75, 3.05) is 19.6 Å². The molecule has 0 spiro atoms. The van der Waals surface area contributed by atoms with Crippen LogP contribution in [0.5, 0.6) is 0 Å². The minimum absolute atomic E-state index is 0.358. The van der Waals surface area contributed by atoms with Crippen LogP contribution < -0.4 is 0 Å². The summed E-state index contributed by atoms with van der Waals surface area (Å²) in [5, 5.41) is 9.17. The number of halogens is 1. The van der Waals surface area contributed by atoms with Crippen molar-refractivity contribution in [3.05, 3.63) is 23.2 Å². The summed E-state index contributed by atoms with van der Waals surface area (Å²) in [6.45, 7) is 10.0. The topological polar surface area (TPSA) is 34.0 Å². The van der Waals surface area contributed by atoms with Crippen molar-refractivity contribution in [3.8, 4) is 0 Å². The highest BCUT2D eigenvalue weighted by Crippen LogP contribution is 2.21. The van der Waals surface area contributed by atoms with Gasteiger partial charge in [-0.1, -0.05) is 30.7 Å². The van der Waals surface area contributed by atoms with E-state index in [-0.39, 0.29) is 0 Å². The molecule has 0 radical (unpaired) electrons. The van der Waals surface area contributed by atoms with Crippen LogP contribution in [0.25, 0.3) is 11.0 Å². The summed E-state index contributed by atoms with van der Waals surface area (Å²) in [5.74, 6) is 0. The van der Waals surface area contributed by atoms with E-state index in [0.717, 1.165) is 37.1 Å². The fourth-order valence-corrected chi connectivity index (χ4v) is 2.68. The molecule has 20 heavy (non-hydrogen) atoms. The second kappa shape index (κ2) is 7.04. The Kier molecular flexibility index (Phi) is 5.38. The molecule has 5 heteroatoms. The third-order valence-corrected chi connectivity index (χ3v) is 4.08. The molecule has 1 aromatic heterocycles. The largest absolute Gasteiger partial charge is 0.304 e. The Balaban J connectivity index is 1.99. The molecule has 1 aromatic carbocycles. The van der Waals surface area contributed by atoms with Crippen LogP contribution in [0.4, 0.5) is 0 Å². The molecule has 0 fully saturated rings. The van der Waals surface area contributed by atoms with E-state index >= 15 is 0 Å². The maximum Gasteiger partial charge on any atom is 0.114 e. The molecular formula is C15H23ClN4. The maximum absolute atomic E-state index is 5.98. The number of hydrogen-bond acceptors (Lipinski definition) is 3. The summed E-state index contributed by atoms with van der Waals surface area (Å²) in [4.78, 5) is 2.45. The first-order valence-electron chi connectivity index (χ1n) is 7.38.